The van der Waals surface area contributed by atoms with Gasteiger partial charge in [0, 0.05) is 49.2 Å². The molecule has 0 atom stereocenters. The lowest BCUT2D eigenvalue weighted by Gasteiger charge is -2.40. The minimum Gasteiger partial charge on any atom is -0.355 e. The first-order valence-electron chi connectivity index (χ1n) is 8.21. The van der Waals surface area contributed by atoms with Gasteiger partial charge in [0.05, 0.1) is 24.1 Å². The summed E-state index contributed by atoms with van der Waals surface area (Å²) in [5.41, 5.74) is 2.56. The van der Waals surface area contributed by atoms with Crippen LogP contribution in [0.25, 0.3) is 11.3 Å². The predicted octanol–water partition coefficient (Wildman–Crippen LogP) is 1.54. The van der Waals surface area contributed by atoms with E-state index in [1.807, 2.05) is 19.1 Å². The number of rotatable bonds is 4. The van der Waals surface area contributed by atoms with Gasteiger partial charge in [-0.25, -0.2) is 9.67 Å². The molecule has 3 aromatic rings. The van der Waals surface area contributed by atoms with E-state index in [9.17, 15) is 4.79 Å². The average molecular weight is 334 g/mol. The van der Waals surface area contributed by atoms with Gasteiger partial charge in [0.1, 0.15) is 5.82 Å². The molecule has 7 heteroatoms. The van der Waals surface area contributed by atoms with Gasteiger partial charge in [-0.05, 0) is 25.1 Å². The zero-order valence-electron chi connectivity index (χ0n) is 13.9. The Morgan fingerprint density at radius 1 is 1.08 bits per heavy atom. The smallest absolute Gasteiger partial charge is 0.266 e. The molecule has 126 valence electrons. The van der Waals surface area contributed by atoms with Crippen LogP contribution in [0.4, 0.5) is 5.82 Å². The summed E-state index contributed by atoms with van der Waals surface area (Å²) in [6.07, 6.45) is 6.96. The Balaban J connectivity index is 1.46. The third kappa shape index (κ3) is 3.26. The molecule has 4 heterocycles. The first-order chi connectivity index (χ1) is 12.2. The molecule has 0 unspecified atom stereocenters. The first-order valence-corrected chi connectivity index (χ1v) is 8.21. The number of aromatic nitrogens is 5. The quantitative estimate of drug-likeness (QED) is 0.720. The molecule has 7 nitrogen and oxygen atoms in total. The molecule has 4 rings (SSSR count). The molecule has 3 aromatic heterocycles. The number of hydrogen-bond donors (Lipinski definition) is 0. The second kappa shape index (κ2) is 6.43. The van der Waals surface area contributed by atoms with E-state index in [1.54, 1.807) is 41.6 Å². The lowest BCUT2D eigenvalue weighted by Crippen LogP contribution is -2.50. The van der Waals surface area contributed by atoms with E-state index in [1.165, 1.54) is 0 Å². The Kier molecular flexibility index (Phi) is 3.97. The molecule has 0 saturated carbocycles. The number of aryl methyl sites for hydroxylation is 1. The summed E-state index contributed by atoms with van der Waals surface area (Å²) in [6, 6.07) is 7.10. The van der Waals surface area contributed by atoms with Crippen molar-refractivity contribution in [3.63, 3.8) is 0 Å². The number of anilines is 1. The van der Waals surface area contributed by atoms with Crippen LogP contribution in [0.1, 0.15) is 5.69 Å². The van der Waals surface area contributed by atoms with Crippen LogP contribution < -0.4 is 10.5 Å². The van der Waals surface area contributed by atoms with Gasteiger partial charge < -0.3 is 4.90 Å². The molecule has 0 amide bonds. The van der Waals surface area contributed by atoms with Crippen molar-refractivity contribution in [3.8, 4) is 11.3 Å². The maximum atomic E-state index is 12.1. The molecule has 1 aliphatic heterocycles. The van der Waals surface area contributed by atoms with Crippen molar-refractivity contribution in [1.29, 1.82) is 0 Å². The van der Waals surface area contributed by atoms with Crippen LogP contribution in [-0.2, 0) is 6.54 Å². The normalized spacial score (nSPS) is 14.4. The summed E-state index contributed by atoms with van der Waals surface area (Å²) in [5, 5.41) is 4.51. The van der Waals surface area contributed by atoms with E-state index in [0.717, 1.165) is 35.9 Å². The first kappa shape index (κ1) is 15.4. The highest BCUT2D eigenvalue weighted by Crippen LogP contribution is 2.23. The topological polar surface area (TPSA) is 76.8 Å². The minimum absolute atomic E-state index is 0.0772. The summed E-state index contributed by atoms with van der Waals surface area (Å²) in [5.74, 6) is 1.27. The molecule has 0 bridgehead atoms. The molecule has 0 radical (unpaired) electrons. The van der Waals surface area contributed by atoms with Gasteiger partial charge in [0.25, 0.3) is 5.56 Å². The minimum atomic E-state index is -0.0772. The lowest BCUT2D eigenvalue weighted by molar-refractivity contribution is 0.333. The molecule has 0 aromatic carbocycles. The monoisotopic (exact) mass is 334 g/mol. The van der Waals surface area contributed by atoms with Crippen molar-refractivity contribution in [2.75, 3.05) is 18.0 Å². The van der Waals surface area contributed by atoms with Crippen LogP contribution in [0.15, 0.2) is 53.8 Å². The fraction of sp³-hybridized carbons (Fsp3) is 0.278. The third-order valence-electron chi connectivity index (χ3n) is 4.30. The second-order valence-electron chi connectivity index (χ2n) is 6.26. The summed E-state index contributed by atoms with van der Waals surface area (Å²) in [6.45, 7) is 4.24. The van der Waals surface area contributed by atoms with Crippen molar-refractivity contribution in [2.45, 2.75) is 13.5 Å². The number of hydrogen-bond acceptors (Lipinski definition) is 6. The fourth-order valence-electron chi connectivity index (χ4n) is 2.98. The van der Waals surface area contributed by atoms with Crippen LogP contribution >= 0.6 is 0 Å². The highest BCUT2D eigenvalue weighted by atomic mass is 16.1. The summed E-state index contributed by atoms with van der Waals surface area (Å²) in [4.78, 5) is 27.0. The summed E-state index contributed by atoms with van der Waals surface area (Å²) in [7, 11) is 0. The predicted molar refractivity (Wildman–Crippen MR) is 94.2 cm³/mol. The molecule has 1 aliphatic rings. The standard InChI is InChI=1S/C18H18N6O/c1-13-8-20-9-17(21-13)23-10-14(11-23)12-24-18(25)3-2-16(22-24)15-4-6-19-7-5-15/h2-9,14H,10-12H2,1H3. The van der Waals surface area contributed by atoms with Gasteiger partial charge in [-0.1, -0.05) is 0 Å². The van der Waals surface area contributed by atoms with Crippen molar-refractivity contribution in [1.82, 2.24) is 24.7 Å². The van der Waals surface area contributed by atoms with E-state index >= 15 is 0 Å². The number of nitrogens with zero attached hydrogens (tertiary/aromatic N) is 6. The second-order valence-corrected chi connectivity index (χ2v) is 6.26. The Labute approximate surface area is 145 Å². The van der Waals surface area contributed by atoms with Gasteiger partial charge >= 0.3 is 0 Å². The fourth-order valence-corrected chi connectivity index (χ4v) is 2.98. The zero-order valence-corrected chi connectivity index (χ0v) is 13.9. The van der Waals surface area contributed by atoms with E-state index in [4.69, 9.17) is 0 Å². The molecule has 0 aliphatic carbocycles. The maximum absolute atomic E-state index is 12.1. The Bertz CT molecular complexity index is 934. The van der Waals surface area contributed by atoms with Crippen molar-refractivity contribution >= 4 is 5.82 Å². The largest absolute Gasteiger partial charge is 0.355 e. The van der Waals surface area contributed by atoms with E-state index in [2.05, 4.69) is 25.0 Å². The molecule has 1 fully saturated rings. The van der Waals surface area contributed by atoms with Gasteiger partial charge in [0.2, 0.25) is 0 Å². The summed E-state index contributed by atoms with van der Waals surface area (Å²) < 4.78 is 1.56. The molecular weight excluding hydrogens is 316 g/mol. The zero-order chi connectivity index (χ0) is 17.2. The Hall–Kier alpha value is -3.09. The van der Waals surface area contributed by atoms with Crippen LogP contribution in [0.5, 0.6) is 0 Å². The van der Waals surface area contributed by atoms with Crippen LogP contribution in [-0.4, -0.2) is 37.8 Å². The van der Waals surface area contributed by atoms with Crippen molar-refractivity contribution in [2.24, 2.45) is 5.92 Å². The van der Waals surface area contributed by atoms with E-state index < -0.39 is 0 Å². The lowest BCUT2D eigenvalue weighted by atomic mass is 10.0. The Morgan fingerprint density at radius 3 is 2.64 bits per heavy atom. The van der Waals surface area contributed by atoms with E-state index in [0.29, 0.717) is 12.5 Å². The van der Waals surface area contributed by atoms with Crippen LogP contribution in [0.2, 0.25) is 0 Å². The molecule has 0 N–H and O–H groups in total. The molecule has 1 saturated heterocycles. The molecule has 0 spiro atoms. The van der Waals surface area contributed by atoms with Crippen molar-refractivity contribution < 1.29 is 0 Å². The van der Waals surface area contributed by atoms with Gasteiger partial charge in [0.15, 0.2) is 0 Å². The average Bonchev–Trinajstić information content (AvgIpc) is 2.60. The highest BCUT2D eigenvalue weighted by Gasteiger charge is 2.28. The Morgan fingerprint density at radius 2 is 1.88 bits per heavy atom. The van der Waals surface area contributed by atoms with E-state index in [-0.39, 0.29) is 5.56 Å². The van der Waals surface area contributed by atoms with Crippen LogP contribution in [0.3, 0.4) is 0 Å². The third-order valence-corrected chi connectivity index (χ3v) is 4.30. The molecule has 25 heavy (non-hydrogen) atoms. The molecular formula is C18H18N6O. The van der Waals surface area contributed by atoms with Crippen LogP contribution in [0, 0.1) is 12.8 Å². The van der Waals surface area contributed by atoms with Gasteiger partial charge in [-0.2, -0.15) is 5.10 Å². The highest BCUT2D eigenvalue weighted by molar-refractivity contribution is 5.57. The number of pyridine rings is 1. The maximum Gasteiger partial charge on any atom is 0.266 e. The van der Waals surface area contributed by atoms with Gasteiger partial charge in [-0.15, -0.1) is 0 Å². The van der Waals surface area contributed by atoms with Gasteiger partial charge in [-0.3, -0.25) is 14.8 Å². The SMILES string of the molecule is Cc1cncc(N2CC(Cn3nc(-c4ccncc4)ccc3=O)C2)n1. The van der Waals surface area contributed by atoms with Crippen molar-refractivity contribution in [3.05, 3.63) is 65.1 Å². The summed E-state index contributed by atoms with van der Waals surface area (Å²) >= 11 is 0.